The second kappa shape index (κ2) is 4.47. The van der Waals surface area contributed by atoms with Crippen molar-refractivity contribution in [2.45, 2.75) is 19.3 Å². The van der Waals surface area contributed by atoms with Gasteiger partial charge < -0.3 is 4.90 Å². The zero-order valence-corrected chi connectivity index (χ0v) is 9.24. The number of amides is 1. The Morgan fingerprint density at radius 1 is 1.64 bits per heavy atom. The van der Waals surface area contributed by atoms with Crippen LogP contribution < -0.4 is 0 Å². The Labute approximate surface area is 87.0 Å². The summed E-state index contributed by atoms with van der Waals surface area (Å²) in [4.78, 5) is 13.0. The molecule has 0 N–H and O–H groups in total. The second-order valence-corrected chi connectivity index (χ2v) is 4.55. The minimum atomic E-state index is -2.60. The van der Waals surface area contributed by atoms with E-state index < -0.39 is 11.8 Å². The first-order valence-electron chi connectivity index (χ1n) is 4.62. The van der Waals surface area contributed by atoms with Crippen LogP contribution in [0.3, 0.4) is 0 Å². The molecule has 0 aromatic heterocycles. The number of hydrogen-bond acceptors (Lipinski definition) is 2. The van der Waals surface area contributed by atoms with Gasteiger partial charge >= 0.3 is 0 Å². The zero-order chi connectivity index (χ0) is 10.8. The minimum Gasteiger partial charge on any atom is -0.341 e. The first kappa shape index (κ1) is 11.8. The van der Waals surface area contributed by atoms with Crippen molar-refractivity contribution in [3.8, 4) is 0 Å². The molecule has 1 amide bonds. The summed E-state index contributed by atoms with van der Waals surface area (Å²) in [6, 6.07) is 0. The normalized spacial score (nSPS) is 26.3. The van der Waals surface area contributed by atoms with E-state index in [4.69, 9.17) is 0 Å². The molecule has 1 aliphatic heterocycles. The Balaban J connectivity index is 2.50. The number of thioether (sulfide) groups is 1. The highest BCUT2D eigenvalue weighted by Crippen LogP contribution is 2.32. The maximum Gasteiger partial charge on any atom is 0.254 e. The largest absolute Gasteiger partial charge is 0.341 e. The molecule has 0 radical (unpaired) electrons. The fraction of sp³-hybridized carbons (Fsp3) is 0.889. The van der Waals surface area contributed by atoms with Crippen LogP contribution >= 0.6 is 11.8 Å². The van der Waals surface area contributed by atoms with E-state index in [0.29, 0.717) is 5.75 Å². The van der Waals surface area contributed by atoms with E-state index in [-0.39, 0.29) is 25.4 Å². The van der Waals surface area contributed by atoms with Crippen LogP contribution in [0, 0.1) is 5.92 Å². The van der Waals surface area contributed by atoms with E-state index in [1.165, 1.54) is 18.7 Å². The number of hydrogen-bond donors (Lipinski definition) is 0. The van der Waals surface area contributed by atoms with Crippen molar-refractivity contribution >= 4 is 17.7 Å². The van der Waals surface area contributed by atoms with Crippen molar-refractivity contribution in [1.29, 1.82) is 0 Å². The van der Waals surface area contributed by atoms with Crippen LogP contribution in [0.25, 0.3) is 0 Å². The predicted octanol–water partition coefficient (Wildman–Crippen LogP) is 1.85. The Hall–Kier alpha value is -0.320. The number of carbonyl (C=O) groups excluding carboxylic acids is 1. The molecule has 0 saturated carbocycles. The summed E-state index contributed by atoms with van der Waals surface area (Å²) in [5.41, 5.74) is 0. The minimum absolute atomic E-state index is 0.0279. The molecule has 1 rings (SSSR count). The average Bonchev–Trinajstić information content (AvgIpc) is 2.10. The van der Waals surface area contributed by atoms with Crippen LogP contribution in [0.5, 0.6) is 0 Å². The van der Waals surface area contributed by atoms with Crippen molar-refractivity contribution < 1.29 is 13.6 Å². The van der Waals surface area contributed by atoms with Gasteiger partial charge in [-0.3, -0.25) is 4.79 Å². The van der Waals surface area contributed by atoms with Crippen LogP contribution in [0.2, 0.25) is 0 Å². The molecule has 0 spiro atoms. The molecule has 0 aromatic carbocycles. The number of carbonyl (C=O) groups is 1. The molecule has 1 unspecified atom stereocenters. The van der Waals surface area contributed by atoms with E-state index in [1.54, 1.807) is 4.90 Å². The summed E-state index contributed by atoms with van der Waals surface area (Å²) < 4.78 is 26.2. The lowest BCUT2D eigenvalue weighted by Crippen LogP contribution is -2.48. The van der Waals surface area contributed by atoms with Gasteiger partial charge in [-0.2, -0.15) is 11.8 Å². The molecule has 1 saturated heterocycles. The van der Waals surface area contributed by atoms with Gasteiger partial charge in [-0.05, 0) is 6.26 Å². The Bertz CT molecular complexity index is 223. The summed E-state index contributed by atoms with van der Waals surface area (Å²) in [7, 11) is 0. The lowest BCUT2D eigenvalue weighted by molar-refractivity contribution is -0.141. The van der Waals surface area contributed by atoms with Gasteiger partial charge in [-0.1, -0.05) is 6.92 Å². The summed E-state index contributed by atoms with van der Waals surface area (Å²) in [6.45, 7) is 1.88. The van der Waals surface area contributed by atoms with Gasteiger partial charge in [-0.15, -0.1) is 0 Å². The third-order valence-corrected chi connectivity index (χ3v) is 3.09. The maximum absolute atomic E-state index is 13.1. The van der Waals surface area contributed by atoms with Crippen molar-refractivity contribution in [2.75, 3.05) is 25.1 Å². The third-order valence-electron chi connectivity index (χ3n) is 2.55. The van der Waals surface area contributed by atoms with E-state index >= 15 is 0 Å². The van der Waals surface area contributed by atoms with E-state index in [9.17, 15) is 13.6 Å². The molecule has 1 aliphatic rings. The second-order valence-electron chi connectivity index (χ2n) is 3.68. The van der Waals surface area contributed by atoms with Crippen molar-refractivity contribution in [1.82, 2.24) is 4.90 Å². The number of likely N-dealkylation sites (tertiary alicyclic amines) is 1. The number of nitrogens with zero attached hydrogens (tertiary/aromatic N) is 1. The SMILES string of the molecule is CSCC(=O)N1CCC(F)(F)C(C)C1. The highest BCUT2D eigenvalue weighted by atomic mass is 32.2. The molecule has 2 nitrogen and oxygen atoms in total. The fourth-order valence-corrected chi connectivity index (χ4v) is 1.96. The lowest BCUT2D eigenvalue weighted by atomic mass is 9.95. The Kier molecular flexibility index (Phi) is 3.75. The van der Waals surface area contributed by atoms with Gasteiger partial charge in [-0.25, -0.2) is 8.78 Å². The van der Waals surface area contributed by atoms with Crippen LogP contribution in [0.1, 0.15) is 13.3 Å². The molecule has 0 aromatic rings. The lowest BCUT2D eigenvalue weighted by Gasteiger charge is -2.36. The van der Waals surface area contributed by atoms with Crippen LogP contribution in [0.15, 0.2) is 0 Å². The van der Waals surface area contributed by atoms with Crippen LogP contribution in [0.4, 0.5) is 8.78 Å². The monoisotopic (exact) mass is 223 g/mol. The predicted molar refractivity (Wildman–Crippen MR) is 53.7 cm³/mol. The van der Waals surface area contributed by atoms with Gasteiger partial charge in [0.05, 0.1) is 5.75 Å². The molecule has 5 heteroatoms. The zero-order valence-electron chi connectivity index (χ0n) is 8.43. The number of alkyl halides is 2. The van der Waals surface area contributed by atoms with Gasteiger partial charge in [0.15, 0.2) is 0 Å². The fourth-order valence-electron chi connectivity index (χ4n) is 1.53. The highest BCUT2D eigenvalue weighted by molar-refractivity contribution is 7.99. The molecular formula is C9H15F2NOS. The van der Waals surface area contributed by atoms with Crippen molar-refractivity contribution in [3.05, 3.63) is 0 Å². The first-order valence-corrected chi connectivity index (χ1v) is 6.01. The van der Waals surface area contributed by atoms with Crippen molar-refractivity contribution in [2.24, 2.45) is 5.92 Å². The van der Waals surface area contributed by atoms with Crippen LogP contribution in [-0.4, -0.2) is 41.8 Å². The number of piperidine rings is 1. The smallest absolute Gasteiger partial charge is 0.254 e. The van der Waals surface area contributed by atoms with Gasteiger partial charge in [0.25, 0.3) is 5.92 Å². The maximum atomic E-state index is 13.1. The molecule has 14 heavy (non-hydrogen) atoms. The quantitative estimate of drug-likeness (QED) is 0.712. The Morgan fingerprint density at radius 2 is 2.29 bits per heavy atom. The molecule has 0 aliphatic carbocycles. The van der Waals surface area contributed by atoms with Crippen molar-refractivity contribution in [3.63, 3.8) is 0 Å². The molecular weight excluding hydrogens is 208 g/mol. The molecule has 82 valence electrons. The Morgan fingerprint density at radius 3 is 2.79 bits per heavy atom. The van der Waals surface area contributed by atoms with Crippen LogP contribution in [-0.2, 0) is 4.79 Å². The summed E-state index contributed by atoms with van der Waals surface area (Å²) in [5.74, 6) is -2.96. The first-order chi connectivity index (χ1) is 6.47. The number of rotatable bonds is 2. The summed E-state index contributed by atoms with van der Waals surface area (Å²) in [5, 5.41) is 0. The molecule has 0 bridgehead atoms. The van der Waals surface area contributed by atoms with E-state index in [1.807, 2.05) is 6.26 Å². The van der Waals surface area contributed by atoms with E-state index in [2.05, 4.69) is 0 Å². The van der Waals surface area contributed by atoms with Gasteiger partial charge in [0.2, 0.25) is 5.91 Å². The molecule has 1 heterocycles. The van der Waals surface area contributed by atoms with E-state index in [0.717, 1.165) is 0 Å². The standard InChI is InChI=1S/C9H15F2NOS/c1-7-5-12(8(13)6-14-2)4-3-9(7,10)11/h7H,3-6H2,1-2H3. The number of halogens is 2. The molecule has 1 fully saturated rings. The van der Waals surface area contributed by atoms with Gasteiger partial charge in [0.1, 0.15) is 0 Å². The topological polar surface area (TPSA) is 20.3 Å². The highest BCUT2D eigenvalue weighted by Gasteiger charge is 2.41. The van der Waals surface area contributed by atoms with Gasteiger partial charge in [0, 0.05) is 25.4 Å². The summed E-state index contributed by atoms with van der Waals surface area (Å²) in [6.07, 6.45) is 1.63. The third kappa shape index (κ3) is 2.59. The molecule has 1 atom stereocenters. The summed E-state index contributed by atoms with van der Waals surface area (Å²) >= 11 is 1.43. The average molecular weight is 223 g/mol.